The Hall–Kier alpha value is -1.20. The molecule has 1 saturated heterocycles. The van der Waals surface area contributed by atoms with Crippen molar-refractivity contribution in [2.45, 2.75) is 17.1 Å². The number of ether oxygens (including phenoxy) is 2. The van der Waals surface area contributed by atoms with Gasteiger partial charge in [0, 0.05) is 18.0 Å². The third kappa shape index (κ3) is 3.88. The van der Waals surface area contributed by atoms with E-state index in [4.69, 9.17) is 9.47 Å². The van der Waals surface area contributed by atoms with Gasteiger partial charge in [-0.05, 0) is 31.2 Å². The molecule has 1 heterocycles. The maximum absolute atomic E-state index is 12.3. The molecule has 1 aliphatic rings. The smallest absolute Gasteiger partial charge is 0.235 e. The van der Waals surface area contributed by atoms with E-state index in [1.165, 1.54) is 0 Å². The molecule has 5 heteroatoms. The first-order valence-corrected chi connectivity index (χ1v) is 7.26. The maximum atomic E-state index is 12.3. The lowest BCUT2D eigenvalue weighted by molar-refractivity contribution is -0.134. The van der Waals surface area contributed by atoms with Gasteiger partial charge in [0.2, 0.25) is 5.91 Å². The number of carbonyl (C=O) groups excluding carboxylic acids is 1. The Labute approximate surface area is 118 Å². The van der Waals surface area contributed by atoms with E-state index in [0.29, 0.717) is 26.3 Å². The molecule has 0 spiro atoms. The first-order valence-electron chi connectivity index (χ1n) is 6.38. The van der Waals surface area contributed by atoms with E-state index in [9.17, 15) is 4.79 Å². The standard InChI is InChI=1S/C14H19NO3S/c1-11(14(16)15-7-9-18-10-8-15)19-13-5-3-12(17-2)4-6-13/h3-6,11H,7-10H2,1-2H3/t11-/m0/s1. The molecule has 104 valence electrons. The summed E-state index contributed by atoms with van der Waals surface area (Å²) in [5, 5.41) is -0.0773. The molecule has 1 amide bonds. The zero-order valence-electron chi connectivity index (χ0n) is 11.3. The van der Waals surface area contributed by atoms with E-state index in [1.807, 2.05) is 36.1 Å². The van der Waals surface area contributed by atoms with Gasteiger partial charge in [0.05, 0.1) is 25.6 Å². The second-order valence-corrected chi connectivity index (χ2v) is 5.79. The van der Waals surface area contributed by atoms with Crippen LogP contribution in [0.5, 0.6) is 5.75 Å². The third-order valence-electron chi connectivity index (χ3n) is 3.04. The molecule has 2 rings (SSSR count). The number of hydrogen-bond donors (Lipinski definition) is 0. The molecule has 0 N–H and O–H groups in total. The fourth-order valence-electron chi connectivity index (χ4n) is 1.95. The summed E-state index contributed by atoms with van der Waals surface area (Å²) in [6.07, 6.45) is 0. The second-order valence-electron chi connectivity index (χ2n) is 4.37. The normalized spacial score (nSPS) is 17.1. The highest BCUT2D eigenvalue weighted by atomic mass is 32.2. The van der Waals surface area contributed by atoms with E-state index in [0.717, 1.165) is 10.6 Å². The number of nitrogens with zero attached hydrogens (tertiary/aromatic N) is 1. The van der Waals surface area contributed by atoms with Crippen LogP contribution in [0, 0.1) is 0 Å². The molecule has 4 nitrogen and oxygen atoms in total. The van der Waals surface area contributed by atoms with E-state index in [1.54, 1.807) is 18.9 Å². The summed E-state index contributed by atoms with van der Waals surface area (Å²) < 4.78 is 10.4. The van der Waals surface area contributed by atoms with Gasteiger partial charge < -0.3 is 14.4 Å². The fraction of sp³-hybridized carbons (Fsp3) is 0.500. The molecule has 1 fully saturated rings. The Morgan fingerprint density at radius 2 is 1.95 bits per heavy atom. The lowest BCUT2D eigenvalue weighted by Gasteiger charge is -2.29. The summed E-state index contributed by atoms with van der Waals surface area (Å²) in [6.45, 7) is 4.64. The summed E-state index contributed by atoms with van der Waals surface area (Å²) in [5.41, 5.74) is 0. The zero-order chi connectivity index (χ0) is 13.7. The van der Waals surface area contributed by atoms with Crippen LogP contribution < -0.4 is 4.74 Å². The number of morpholine rings is 1. The highest BCUT2D eigenvalue weighted by Crippen LogP contribution is 2.26. The molecule has 1 aliphatic heterocycles. The minimum atomic E-state index is -0.0773. The highest BCUT2D eigenvalue weighted by Gasteiger charge is 2.23. The molecule has 0 saturated carbocycles. The molecule has 0 aliphatic carbocycles. The van der Waals surface area contributed by atoms with Gasteiger partial charge in [-0.3, -0.25) is 4.79 Å². The van der Waals surface area contributed by atoms with Gasteiger partial charge >= 0.3 is 0 Å². The minimum absolute atomic E-state index is 0.0773. The Balaban J connectivity index is 1.91. The second kappa shape index (κ2) is 6.82. The van der Waals surface area contributed by atoms with Crippen LogP contribution in [0.25, 0.3) is 0 Å². The first-order chi connectivity index (χ1) is 9.20. The van der Waals surface area contributed by atoms with E-state index >= 15 is 0 Å². The van der Waals surface area contributed by atoms with Crippen LogP contribution in [0.1, 0.15) is 6.92 Å². The van der Waals surface area contributed by atoms with Crippen molar-refractivity contribution in [3.63, 3.8) is 0 Å². The molecule has 0 bridgehead atoms. The summed E-state index contributed by atoms with van der Waals surface area (Å²) in [4.78, 5) is 15.2. The minimum Gasteiger partial charge on any atom is -0.497 e. The molecule has 0 unspecified atom stereocenters. The summed E-state index contributed by atoms with van der Waals surface area (Å²) in [7, 11) is 1.65. The molecule has 0 aromatic heterocycles. The van der Waals surface area contributed by atoms with Crippen LogP contribution in [0.3, 0.4) is 0 Å². The number of carbonyl (C=O) groups is 1. The predicted molar refractivity (Wildman–Crippen MR) is 75.7 cm³/mol. The van der Waals surface area contributed by atoms with Gasteiger partial charge in [0.15, 0.2) is 0 Å². The summed E-state index contributed by atoms with van der Waals surface area (Å²) in [6, 6.07) is 7.78. The van der Waals surface area contributed by atoms with Crippen molar-refractivity contribution in [1.29, 1.82) is 0 Å². The van der Waals surface area contributed by atoms with Gasteiger partial charge in [-0.25, -0.2) is 0 Å². The largest absolute Gasteiger partial charge is 0.497 e. The number of thioether (sulfide) groups is 1. The van der Waals surface area contributed by atoms with Crippen LogP contribution in [0.15, 0.2) is 29.2 Å². The van der Waals surface area contributed by atoms with Gasteiger partial charge in [0.25, 0.3) is 0 Å². The third-order valence-corrected chi connectivity index (χ3v) is 4.14. The summed E-state index contributed by atoms with van der Waals surface area (Å²) in [5.74, 6) is 1.01. The Bertz CT molecular complexity index is 415. The fourth-order valence-corrected chi connectivity index (χ4v) is 2.90. The van der Waals surface area contributed by atoms with Crippen molar-refractivity contribution in [2.24, 2.45) is 0 Å². The number of benzene rings is 1. The van der Waals surface area contributed by atoms with Crippen LogP contribution in [-0.4, -0.2) is 49.5 Å². The molecule has 19 heavy (non-hydrogen) atoms. The van der Waals surface area contributed by atoms with E-state index in [2.05, 4.69) is 0 Å². The van der Waals surface area contributed by atoms with Gasteiger partial charge in [-0.2, -0.15) is 0 Å². The lowest BCUT2D eigenvalue weighted by Crippen LogP contribution is -2.44. The molecular formula is C14H19NO3S. The molecule has 1 aromatic carbocycles. The average molecular weight is 281 g/mol. The first kappa shape index (κ1) is 14.2. The van der Waals surface area contributed by atoms with E-state index < -0.39 is 0 Å². The Morgan fingerprint density at radius 1 is 1.32 bits per heavy atom. The molecular weight excluding hydrogens is 262 g/mol. The van der Waals surface area contributed by atoms with Crippen molar-refractivity contribution >= 4 is 17.7 Å². The number of methoxy groups -OCH3 is 1. The quantitative estimate of drug-likeness (QED) is 0.792. The lowest BCUT2D eigenvalue weighted by atomic mass is 10.3. The molecule has 1 atom stereocenters. The number of rotatable bonds is 4. The monoisotopic (exact) mass is 281 g/mol. The SMILES string of the molecule is COc1ccc(S[C@@H](C)C(=O)N2CCOCC2)cc1. The van der Waals surface area contributed by atoms with Crippen molar-refractivity contribution < 1.29 is 14.3 Å². The Kier molecular flexibility index (Phi) is 5.10. The number of hydrogen-bond acceptors (Lipinski definition) is 4. The van der Waals surface area contributed by atoms with Crippen molar-refractivity contribution in [1.82, 2.24) is 4.90 Å². The summed E-state index contributed by atoms with van der Waals surface area (Å²) >= 11 is 1.58. The van der Waals surface area contributed by atoms with Gasteiger partial charge in [0.1, 0.15) is 5.75 Å². The van der Waals surface area contributed by atoms with Crippen LogP contribution in [0.2, 0.25) is 0 Å². The zero-order valence-corrected chi connectivity index (χ0v) is 12.1. The Morgan fingerprint density at radius 3 is 2.53 bits per heavy atom. The van der Waals surface area contributed by atoms with Gasteiger partial charge in [-0.15, -0.1) is 11.8 Å². The average Bonchev–Trinajstić information content (AvgIpc) is 2.48. The molecule has 0 radical (unpaired) electrons. The van der Waals surface area contributed by atoms with Crippen LogP contribution in [-0.2, 0) is 9.53 Å². The van der Waals surface area contributed by atoms with E-state index in [-0.39, 0.29) is 11.2 Å². The topological polar surface area (TPSA) is 38.8 Å². The molecule has 1 aromatic rings. The highest BCUT2D eigenvalue weighted by molar-refractivity contribution is 8.00. The van der Waals surface area contributed by atoms with Crippen LogP contribution >= 0.6 is 11.8 Å². The van der Waals surface area contributed by atoms with Crippen molar-refractivity contribution in [2.75, 3.05) is 33.4 Å². The van der Waals surface area contributed by atoms with Crippen LogP contribution in [0.4, 0.5) is 0 Å². The predicted octanol–water partition coefficient (Wildman–Crippen LogP) is 2.03. The van der Waals surface area contributed by atoms with Gasteiger partial charge in [-0.1, -0.05) is 0 Å². The van der Waals surface area contributed by atoms with Crippen molar-refractivity contribution in [3.8, 4) is 5.75 Å². The number of amides is 1. The van der Waals surface area contributed by atoms with Crippen molar-refractivity contribution in [3.05, 3.63) is 24.3 Å². The maximum Gasteiger partial charge on any atom is 0.235 e.